The Morgan fingerprint density at radius 2 is 2.20 bits per heavy atom. The van der Waals surface area contributed by atoms with Gasteiger partial charge in [-0.2, -0.15) is 0 Å². The number of hydrogen-bond donors (Lipinski definition) is 3. The summed E-state index contributed by atoms with van der Waals surface area (Å²) in [7, 11) is 0. The molecule has 1 amide bonds. The number of halogens is 1. The van der Waals surface area contributed by atoms with E-state index in [-0.39, 0.29) is 17.8 Å². The fraction of sp³-hybridized carbons (Fsp3) is 0.0833. The molecular formula is C12H10BrN3O3S. The van der Waals surface area contributed by atoms with Gasteiger partial charge in [-0.3, -0.25) is 4.79 Å². The number of nitrogens with zero attached hydrogens (tertiary/aromatic N) is 1. The van der Waals surface area contributed by atoms with Crippen molar-refractivity contribution in [2.75, 3.05) is 5.32 Å². The number of aromatic carboxylic acids is 1. The van der Waals surface area contributed by atoms with Gasteiger partial charge in [0.15, 0.2) is 0 Å². The van der Waals surface area contributed by atoms with Crippen LogP contribution in [0.5, 0.6) is 0 Å². The quantitative estimate of drug-likeness (QED) is 0.780. The predicted molar refractivity (Wildman–Crippen MR) is 79.1 cm³/mol. The van der Waals surface area contributed by atoms with E-state index in [9.17, 15) is 9.59 Å². The highest BCUT2D eigenvalue weighted by Crippen LogP contribution is 2.21. The second kappa shape index (κ2) is 6.12. The number of thiazole rings is 1. The molecular weight excluding hydrogens is 346 g/mol. The molecule has 1 heterocycles. The Morgan fingerprint density at radius 1 is 1.45 bits per heavy atom. The molecule has 104 valence electrons. The number of rotatable bonds is 4. The minimum absolute atomic E-state index is 0.0729. The molecule has 0 fully saturated rings. The molecule has 0 aliphatic rings. The number of amides is 1. The molecule has 1 aromatic heterocycles. The zero-order valence-corrected chi connectivity index (χ0v) is 12.5. The van der Waals surface area contributed by atoms with Crippen LogP contribution in [0.1, 0.15) is 25.9 Å². The lowest BCUT2D eigenvalue weighted by atomic mass is 10.2. The Bertz CT molecular complexity index is 672. The van der Waals surface area contributed by atoms with E-state index in [2.05, 4.69) is 26.2 Å². The van der Waals surface area contributed by atoms with Crippen LogP contribution in [0.2, 0.25) is 0 Å². The lowest BCUT2D eigenvalue weighted by molar-refractivity contribution is 0.0695. The molecule has 0 atom stereocenters. The molecule has 0 bridgehead atoms. The number of carboxylic acid groups (broad SMARTS) is 1. The van der Waals surface area contributed by atoms with Crippen LogP contribution in [0.4, 0.5) is 5.69 Å². The number of carbonyl (C=O) groups is 2. The fourth-order valence-corrected chi connectivity index (χ4v) is 2.54. The molecule has 2 aromatic rings. The summed E-state index contributed by atoms with van der Waals surface area (Å²) in [5.41, 5.74) is 6.15. The zero-order chi connectivity index (χ0) is 14.7. The average molecular weight is 356 g/mol. The number of nitrogens with one attached hydrogen (secondary N) is 1. The minimum atomic E-state index is -1.08. The maximum absolute atomic E-state index is 11.9. The maximum atomic E-state index is 11.9. The molecule has 0 saturated heterocycles. The summed E-state index contributed by atoms with van der Waals surface area (Å²) >= 11 is 4.44. The minimum Gasteiger partial charge on any atom is -0.478 e. The molecule has 2 rings (SSSR count). The first kappa shape index (κ1) is 14.6. The van der Waals surface area contributed by atoms with Gasteiger partial charge in [0.1, 0.15) is 10.7 Å². The summed E-state index contributed by atoms with van der Waals surface area (Å²) in [5.74, 6) is -1.48. The summed E-state index contributed by atoms with van der Waals surface area (Å²) in [6.45, 7) is 0.277. The van der Waals surface area contributed by atoms with Crippen LogP contribution in [0.3, 0.4) is 0 Å². The van der Waals surface area contributed by atoms with Crippen molar-refractivity contribution in [1.29, 1.82) is 0 Å². The van der Waals surface area contributed by atoms with Crippen LogP contribution in [0.25, 0.3) is 0 Å². The van der Waals surface area contributed by atoms with Crippen molar-refractivity contribution in [2.45, 2.75) is 6.54 Å². The molecule has 0 unspecified atom stereocenters. The number of hydrogen-bond acceptors (Lipinski definition) is 5. The first-order chi connectivity index (χ1) is 9.51. The third-order valence-corrected chi connectivity index (χ3v) is 3.98. The van der Waals surface area contributed by atoms with Gasteiger partial charge >= 0.3 is 5.97 Å². The van der Waals surface area contributed by atoms with Crippen LogP contribution >= 0.6 is 27.3 Å². The van der Waals surface area contributed by atoms with Crippen molar-refractivity contribution in [3.05, 3.63) is 44.3 Å². The highest BCUT2D eigenvalue weighted by atomic mass is 79.9. The van der Waals surface area contributed by atoms with Crippen molar-refractivity contribution in [3.63, 3.8) is 0 Å². The van der Waals surface area contributed by atoms with Crippen LogP contribution in [0.15, 0.2) is 28.1 Å². The van der Waals surface area contributed by atoms with Crippen molar-refractivity contribution < 1.29 is 14.7 Å². The van der Waals surface area contributed by atoms with Crippen molar-refractivity contribution in [2.24, 2.45) is 5.73 Å². The van der Waals surface area contributed by atoms with Crippen LogP contribution in [0, 0.1) is 0 Å². The third kappa shape index (κ3) is 3.21. The Hall–Kier alpha value is -1.77. The van der Waals surface area contributed by atoms with Crippen LogP contribution in [-0.4, -0.2) is 22.0 Å². The lowest BCUT2D eigenvalue weighted by Crippen LogP contribution is -2.13. The Labute approximate surface area is 126 Å². The maximum Gasteiger partial charge on any atom is 0.336 e. The van der Waals surface area contributed by atoms with Gasteiger partial charge in [0.25, 0.3) is 5.91 Å². The van der Waals surface area contributed by atoms with Gasteiger partial charge in [-0.1, -0.05) is 0 Å². The van der Waals surface area contributed by atoms with E-state index in [1.165, 1.54) is 17.4 Å². The third-order valence-electron chi connectivity index (χ3n) is 2.41. The van der Waals surface area contributed by atoms with E-state index in [1.807, 2.05) is 0 Å². The van der Waals surface area contributed by atoms with Crippen molar-refractivity contribution in [1.82, 2.24) is 4.98 Å². The second-order valence-corrected chi connectivity index (χ2v) is 5.58. The van der Waals surface area contributed by atoms with Gasteiger partial charge in [0.05, 0.1) is 5.56 Å². The van der Waals surface area contributed by atoms with E-state index >= 15 is 0 Å². The van der Waals surface area contributed by atoms with E-state index < -0.39 is 11.9 Å². The largest absolute Gasteiger partial charge is 0.478 e. The Balaban J connectivity index is 2.19. The SMILES string of the molecule is NCc1nc(C(=O)Nc2ccc(Br)c(C(=O)O)c2)cs1. The topological polar surface area (TPSA) is 105 Å². The summed E-state index contributed by atoms with van der Waals surface area (Å²) in [5, 5.41) is 13.9. The first-order valence-corrected chi connectivity index (χ1v) is 7.17. The number of carboxylic acids is 1. The molecule has 0 radical (unpaired) electrons. The van der Waals surface area contributed by atoms with Gasteiger partial charge in [-0.25, -0.2) is 9.78 Å². The molecule has 6 nitrogen and oxygen atoms in total. The standard InChI is InChI=1S/C12H10BrN3O3S/c13-8-2-1-6(3-7(8)12(18)19)15-11(17)9-5-20-10(4-14)16-9/h1-3,5H,4,14H2,(H,15,17)(H,18,19). The lowest BCUT2D eigenvalue weighted by Gasteiger charge is -2.05. The van der Waals surface area contributed by atoms with Gasteiger partial charge < -0.3 is 16.2 Å². The second-order valence-electron chi connectivity index (χ2n) is 3.78. The number of nitrogens with two attached hydrogens (primary N) is 1. The molecule has 20 heavy (non-hydrogen) atoms. The summed E-state index contributed by atoms with van der Waals surface area (Å²) in [4.78, 5) is 27.0. The van der Waals surface area contributed by atoms with Gasteiger partial charge in [-0.05, 0) is 34.1 Å². The molecule has 0 aliphatic carbocycles. The molecule has 8 heteroatoms. The van der Waals surface area contributed by atoms with Crippen molar-refractivity contribution >= 4 is 44.8 Å². The molecule has 0 aliphatic heterocycles. The zero-order valence-electron chi connectivity index (χ0n) is 10.1. The number of aromatic nitrogens is 1. The van der Waals surface area contributed by atoms with E-state index in [0.29, 0.717) is 15.2 Å². The van der Waals surface area contributed by atoms with Gasteiger partial charge in [0, 0.05) is 22.1 Å². The smallest absolute Gasteiger partial charge is 0.336 e. The Morgan fingerprint density at radius 3 is 2.80 bits per heavy atom. The summed E-state index contributed by atoms with van der Waals surface area (Å²) in [6, 6.07) is 4.54. The highest BCUT2D eigenvalue weighted by Gasteiger charge is 2.13. The van der Waals surface area contributed by atoms with Crippen molar-refractivity contribution in [3.8, 4) is 0 Å². The highest BCUT2D eigenvalue weighted by molar-refractivity contribution is 9.10. The van der Waals surface area contributed by atoms with Crippen LogP contribution in [-0.2, 0) is 6.54 Å². The van der Waals surface area contributed by atoms with E-state index in [1.54, 1.807) is 17.5 Å². The number of benzene rings is 1. The monoisotopic (exact) mass is 355 g/mol. The Kier molecular flexibility index (Phi) is 4.48. The predicted octanol–water partition coefficient (Wildman–Crippen LogP) is 2.31. The molecule has 0 spiro atoms. The number of carbonyl (C=O) groups excluding carboxylic acids is 1. The average Bonchev–Trinajstić information content (AvgIpc) is 2.89. The van der Waals surface area contributed by atoms with Crippen LogP contribution < -0.4 is 11.1 Å². The fourth-order valence-electron chi connectivity index (χ4n) is 1.47. The van der Waals surface area contributed by atoms with E-state index in [4.69, 9.17) is 10.8 Å². The molecule has 0 saturated carbocycles. The van der Waals surface area contributed by atoms with Gasteiger partial charge in [-0.15, -0.1) is 11.3 Å². The molecule has 1 aromatic carbocycles. The summed E-state index contributed by atoms with van der Waals surface area (Å²) in [6.07, 6.45) is 0. The first-order valence-electron chi connectivity index (χ1n) is 5.50. The number of anilines is 1. The molecule has 4 N–H and O–H groups in total. The van der Waals surface area contributed by atoms with Gasteiger partial charge in [0.2, 0.25) is 0 Å². The summed E-state index contributed by atoms with van der Waals surface area (Å²) < 4.78 is 0.446. The van der Waals surface area contributed by atoms with E-state index in [0.717, 1.165) is 0 Å². The normalized spacial score (nSPS) is 10.3.